The van der Waals surface area contributed by atoms with Crippen molar-refractivity contribution in [2.24, 2.45) is 5.73 Å². The van der Waals surface area contributed by atoms with Gasteiger partial charge in [-0.2, -0.15) is 0 Å². The van der Waals surface area contributed by atoms with Gasteiger partial charge >= 0.3 is 0 Å². The van der Waals surface area contributed by atoms with Crippen LogP contribution in [0.15, 0.2) is 12.3 Å². The molecule has 1 aromatic rings. The van der Waals surface area contributed by atoms with Crippen molar-refractivity contribution in [1.29, 1.82) is 0 Å². The van der Waals surface area contributed by atoms with Gasteiger partial charge in [-0.15, -0.1) is 0 Å². The van der Waals surface area contributed by atoms with E-state index in [0.29, 0.717) is 5.69 Å². The topological polar surface area (TPSA) is 97.2 Å². The van der Waals surface area contributed by atoms with E-state index in [2.05, 4.69) is 10.3 Å². The highest BCUT2D eigenvalue weighted by molar-refractivity contribution is 5.98. The highest BCUT2D eigenvalue weighted by atomic mass is 16.5. The minimum Gasteiger partial charge on any atom is -0.369 e. The van der Waals surface area contributed by atoms with E-state index in [-0.39, 0.29) is 11.6 Å². The van der Waals surface area contributed by atoms with Gasteiger partial charge in [0.15, 0.2) is 0 Å². The number of amides is 2. The monoisotopic (exact) mass is 225 g/mol. The summed E-state index contributed by atoms with van der Waals surface area (Å²) < 4.78 is 5.01. The van der Waals surface area contributed by atoms with E-state index in [1.807, 2.05) is 0 Å². The van der Waals surface area contributed by atoms with Crippen LogP contribution in [0.4, 0.5) is 5.69 Å². The van der Waals surface area contributed by atoms with Gasteiger partial charge in [0.05, 0.1) is 5.69 Å². The Morgan fingerprint density at radius 3 is 2.56 bits per heavy atom. The lowest BCUT2D eigenvalue weighted by Gasteiger charge is -2.21. The maximum Gasteiger partial charge on any atom is 0.265 e. The Hall–Kier alpha value is -1.82. The number of ether oxygens (including phenoxy) is 1. The van der Waals surface area contributed by atoms with Crippen LogP contribution in [0.5, 0.6) is 0 Å². The molecule has 2 amide bonds. The standard InChI is InChI=1S/C10H15N3O3/c1-10(2,16-3)9(15)13-6-4-7(8(11)14)12-5-6/h4-5,12H,1-3H3,(H2,11,14)(H,13,15). The molecule has 16 heavy (non-hydrogen) atoms. The summed E-state index contributed by atoms with van der Waals surface area (Å²) in [6, 6.07) is 1.46. The third kappa shape index (κ3) is 2.60. The number of aromatic amines is 1. The van der Waals surface area contributed by atoms with Crippen LogP contribution in [0.1, 0.15) is 24.3 Å². The SMILES string of the molecule is COC(C)(C)C(=O)Nc1c[nH]c(C(N)=O)c1. The van der Waals surface area contributed by atoms with Gasteiger partial charge in [-0.05, 0) is 19.9 Å². The number of nitrogens with one attached hydrogen (secondary N) is 2. The highest BCUT2D eigenvalue weighted by Gasteiger charge is 2.27. The molecule has 0 unspecified atom stereocenters. The predicted octanol–water partition coefficient (Wildman–Crippen LogP) is 0.477. The average Bonchev–Trinajstić information content (AvgIpc) is 2.66. The summed E-state index contributed by atoms with van der Waals surface area (Å²) in [5, 5.41) is 2.61. The second-order valence-electron chi connectivity index (χ2n) is 3.83. The highest BCUT2D eigenvalue weighted by Crippen LogP contribution is 2.14. The number of hydrogen-bond donors (Lipinski definition) is 3. The molecule has 1 heterocycles. The van der Waals surface area contributed by atoms with Gasteiger partial charge in [0.2, 0.25) is 0 Å². The van der Waals surface area contributed by atoms with Gasteiger partial charge in [0.1, 0.15) is 11.3 Å². The number of nitrogens with two attached hydrogens (primary N) is 1. The van der Waals surface area contributed by atoms with E-state index in [9.17, 15) is 9.59 Å². The van der Waals surface area contributed by atoms with E-state index in [1.165, 1.54) is 19.4 Å². The number of hydrogen-bond acceptors (Lipinski definition) is 3. The molecule has 1 aromatic heterocycles. The molecule has 0 saturated carbocycles. The lowest BCUT2D eigenvalue weighted by molar-refractivity contribution is -0.133. The summed E-state index contributed by atoms with van der Waals surface area (Å²) in [6.07, 6.45) is 1.49. The Kier molecular flexibility index (Phi) is 3.34. The number of anilines is 1. The van der Waals surface area contributed by atoms with Crippen LogP contribution in [0, 0.1) is 0 Å². The Balaban J connectivity index is 2.74. The summed E-state index contributed by atoms with van der Waals surface area (Å²) in [5.74, 6) is -0.878. The van der Waals surface area contributed by atoms with Crippen LogP contribution < -0.4 is 11.1 Å². The summed E-state index contributed by atoms with van der Waals surface area (Å²) in [7, 11) is 1.45. The molecule has 0 bridgehead atoms. The number of methoxy groups -OCH3 is 1. The maximum absolute atomic E-state index is 11.7. The average molecular weight is 225 g/mol. The van der Waals surface area contributed by atoms with E-state index in [1.54, 1.807) is 13.8 Å². The molecule has 88 valence electrons. The summed E-state index contributed by atoms with van der Waals surface area (Å²) in [5.41, 5.74) is 4.85. The lowest BCUT2D eigenvalue weighted by Crippen LogP contribution is -2.38. The fourth-order valence-corrected chi connectivity index (χ4v) is 0.983. The van der Waals surface area contributed by atoms with Crippen molar-refractivity contribution >= 4 is 17.5 Å². The van der Waals surface area contributed by atoms with Crippen molar-refractivity contribution in [2.75, 3.05) is 12.4 Å². The number of H-pyrrole nitrogens is 1. The zero-order valence-corrected chi connectivity index (χ0v) is 9.46. The molecular weight excluding hydrogens is 210 g/mol. The molecule has 0 saturated heterocycles. The Bertz CT molecular complexity index is 409. The third-order valence-corrected chi connectivity index (χ3v) is 2.26. The molecule has 0 atom stereocenters. The third-order valence-electron chi connectivity index (χ3n) is 2.26. The number of aromatic nitrogens is 1. The van der Waals surface area contributed by atoms with Crippen molar-refractivity contribution in [3.05, 3.63) is 18.0 Å². The smallest absolute Gasteiger partial charge is 0.265 e. The molecule has 1 rings (SSSR count). The van der Waals surface area contributed by atoms with Gasteiger partial charge in [-0.25, -0.2) is 0 Å². The normalized spacial score (nSPS) is 11.2. The first kappa shape index (κ1) is 12.3. The lowest BCUT2D eigenvalue weighted by atomic mass is 10.1. The Labute approximate surface area is 93.2 Å². The number of primary amides is 1. The maximum atomic E-state index is 11.7. The number of carbonyl (C=O) groups excluding carboxylic acids is 2. The minimum atomic E-state index is -0.926. The van der Waals surface area contributed by atoms with Crippen LogP contribution in [0.2, 0.25) is 0 Å². The summed E-state index contributed by atoms with van der Waals surface area (Å²) >= 11 is 0. The Morgan fingerprint density at radius 1 is 1.50 bits per heavy atom. The van der Waals surface area contributed by atoms with E-state index < -0.39 is 11.5 Å². The number of rotatable bonds is 4. The molecule has 0 aliphatic carbocycles. The fraction of sp³-hybridized carbons (Fsp3) is 0.400. The van der Waals surface area contributed by atoms with Crippen LogP contribution in [-0.2, 0) is 9.53 Å². The predicted molar refractivity (Wildman–Crippen MR) is 59.0 cm³/mol. The number of carbonyl (C=O) groups is 2. The summed E-state index contributed by atoms with van der Waals surface area (Å²) in [6.45, 7) is 3.29. The molecule has 0 aromatic carbocycles. The van der Waals surface area contributed by atoms with Crippen LogP contribution in [0.3, 0.4) is 0 Å². The van der Waals surface area contributed by atoms with E-state index >= 15 is 0 Å². The molecule has 0 radical (unpaired) electrons. The van der Waals surface area contributed by atoms with E-state index in [0.717, 1.165) is 0 Å². The van der Waals surface area contributed by atoms with Crippen LogP contribution in [0.25, 0.3) is 0 Å². The first-order valence-corrected chi connectivity index (χ1v) is 4.71. The zero-order valence-electron chi connectivity index (χ0n) is 9.46. The largest absolute Gasteiger partial charge is 0.369 e. The van der Waals surface area contributed by atoms with Gasteiger partial charge < -0.3 is 20.8 Å². The zero-order chi connectivity index (χ0) is 12.3. The molecule has 0 aliphatic heterocycles. The van der Waals surface area contributed by atoms with Gasteiger partial charge in [0, 0.05) is 13.3 Å². The van der Waals surface area contributed by atoms with Crippen molar-refractivity contribution in [3.8, 4) is 0 Å². The quantitative estimate of drug-likeness (QED) is 0.695. The van der Waals surface area contributed by atoms with Crippen LogP contribution in [-0.4, -0.2) is 29.5 Å². The fourth-order valence-electron chi connectivity index (χ4n) is 0.983. The van der Waals surface area contributed by atoms with E-state index in [4.69, 9.17) is 10.5 Å². The molecule has 6 heteroatoms. The van der Waals surface area contributed by atoms with Crippen molar-refractivity contribution in [3.63, 3.8) is 0 Å². The summed E-state index contributed by atoms with van der Waals surface area (Å²) in [4.78, 5) is 25.1. The molecule has 0 spiro atoms. The van der Waals surface area contributed by atoms with Gasteiger partial charge in [-0.3, -0.25) is 9.59 Å². The second-order valence-corrected chi connectivity index (χ2v) is 3.83. The minimum absolute atomic E-state index is 0.241. The second kappa shape index (κ2) is 4.36. The molecule has 6 nitrogen and oxygen atoms in total. The van der Waals surface area contributed by atoms with Crippen molar-refractivity contribution in [2.45, 2.75) is 19.4 Å². The van der Waals surface area contributed by atoms with Gasteiger partial charge in [-0.1, -0.05) is 0 Å². The molecule has 4 N–H and O–H groups in total. The first-order chi connectivity index (χ1) is 7.36. The Morgan fingerprint density at radius 2 is 2.12 bits per heavy atom. The first-order valence-electron chi connectivity index (χ1n) is 4.71. The molecule has 0 fully saturated rings. The van der Waals surface area contributed by atoms with Crippen molar-refractivity contribution < 1.29 is 14.3 Å². The van der Waals surface area contributed by atoms with Crippen LogP contribution >= 0.6 is 0 Å². The molecular formula is C10H15N3O3. The van der Waals surface area contributed by atoms with Gasteiger partial charge in [0.25, 0.3) is 11.8 Å². The molecule has 0 aliphatic rings. The van der Waals surface area contributed by atoms with Crippen molar-refractivity contribution in [1.82, 2.24) is 4.98 Å².